The summed E-state index contributed by atoms with van der Waals surface area (Å²) in [6, 6.07) is -0.823. The van der Waals surface area contributed by atoms with Crippen LogP contribution in [0.2, 0.25) is 0 Å². The summed E-state index contributed by atoms with van der Waals surface area (Å²) in [5, 5.41) is 34.8. The Labute approximate surface area is 203 Å². The number of carbonyl (C=O) groups excluding carboxylic acids is 1. The molecule has 0 aromatic carbocycles. The molecule has 1 fully saturated rings. The number of hydrogen-bond donors (Lipinski definition) is 5. The first-order chi connectivity index (χ1) is 15.9. The number of nitrogens with one attached hydrogen (secondary N) is 2. The number of aliphatic hydroxyl groups excluding tert-OH is 1. The number of rotatable bonds is 11. The fourth-order valence-corrected chi connectivity index (χ4v) is 5.85. The zero-order chi connectivity index (χ0) is 25.7. The van der Waals surface area contributed by atoms with Gasteiger partial charge in [-0.3, -0.25) is 9.79 Å². The van der Waals surface area contributed by atoms with Gasteiger partial charge in [0.15, 0.2) is 0 Å². The van der Waals surface area contributed by atoms with Gasteiger partial charge in [-0.2, -0.15) is 0 Å². The SMILES string of the molecule is C=C(/C=C(\C)C(=O)O)NC(=C)[C@@H]1C[C@H](SC2C(C(=O)O)=NC([C@H](C(=O)OC)[C@@H](C)O)[C@H]2C)CN1. The van der Waals surface area contributed by atoms with E-state index in [1.165, 1.54) is 38.8 Å². The van der Waals surface area contributed by atoms with E-state index < -0.39 is 41.2 Å². The highest BCUT2D eigenvalue weighted by molar-refractivity contribution is 8.01. The molecule has 7 atom stereocenters. The van der Waals surface area contributed by atoms with Crippen LogP contribution in [-0.2, 0) is 19.1 Å². The molecule has 2 unspecified atom stereocenters. The van der Waals surface area contributed by atoms with Gasteiger partial charge >= 0.3 is 17.9 Å². The van der Waals surface area contributed by atoms with E-state index >= 15 is 0 Å². The van der Waals surface area contributed by atoms with Gasteiger partial charge in [0.25, 0.3) is 0 Å². The minimum atomic E-state index is -1.15. The van der Waals surface area contributed by atoms with Gasteiger partial charge < -0.3 is 30.7 Å². The Morgan fingerprint density at radius 3 is 2.50 bits per heavy atom. The van der Waals surface area contributed by atoms with Gasteiger partial charge in [0.1, 0.15) is 11.6 Å². The molecule has 34 heavy (non-hydrogen) atoms. The van der Waals surface area contributed by atoms with E-state index in [1.54, 1.807) is 0 Å². The number of esters is 1. The lowest BCUT2D eigenvalue weighted by molar-refractivity contribution is -0.150. The van der Waals surface area contributed by atoms with Crippen LogP contribution >= 0.6 is 11.8 Å². The molecule has 0 aromatic rings. The first-order valence-corrected chi connectivity index (χ1v) is 11.8. The molecule has 10 nitrogen and oxygen atoms in total. The molecular weight excluding hydrogens is 462 g/mol. The van der Waals surface area contributed by atoms with E-state index in [4.69, 9.17) is 9.84 Å². The Morgan fingerprint density at radius 1 is 1.32 bits per heavy atom. The third-order valence-electron chi connectivity index (χ3n) is 6.05. The van der Waals surface area contributed by atoms with Crippen molar-refractivity contribution in [2.45, 2.75) is 55.9 Å². The van der Waals surface area contributed by atoms with Gasteiger partial charge in [-0.15, -0.1) is 11.8 Å². The van der Waals surface area contributed by atoms with Crippen LogP contribution in [0.1, 0.15) is 27.2 Å². The Morgan fingerprint density at radius 2 is 1.97 bits per heavy atom. The van der Waals surface area contributed by atoms with Gasteiger partial charge in [0, 0.05) is 34.8 Å². The first kappa shape index (κ1) is 27.6. The summed E-state index contributed by atoms with van der Waals surface area (Å²) in [7, 11) is 1.23. The molecule has 11 heteroatoms. The highest BCUT2D eigenvalue weighted by atomic mass is 32.2. The second-order valence-corrected chi connectivity index (χ2v) is 10.1. The van der Waals surface area contributed by atoms with Crippen molar-refractivity contribution in [1.82, 2.24) is 10.6 Å². The molecule has 0 amide bonds. The minimum Gasteiger partial charge on any atom is -0.478 e. The average molecular weight is 496 g/mol. The maximum absolute atomic E-state index is 12.2. The molecule has 2 aliphatic heterocycles. The van der Waals surface area contributed by atoms with E-state index in [2.05, 4.69) is 28.8 Å². The van der Waals surface area contributed by atoms with E-state index in [9.17, 15) is 24.6 Å². The Balaban J connectivity index is 2.07. The summed E-state index contributed by atoms with van der Waals surface area (Å²) in [6.45, 7) is 13.2. The fourth-order valence-electron chi connectivity index (χ4n) is 4.24. The van der Waals surface area contributed by atoms with E-state index in [1.807, 2.05) is 6.92 Å². The standard InChI is InChI=1S/C23H33N3O7S/c1-10(21(28)29)7-11(2)25-13(4)16-8-15(9-24-16)34-20-12(3)18(26-19(20)22(30)31)17(14(5)27)23(32)33-6/h7,12,14-18,20,24-25,27H,2,4,8-9H2,1,3,5-6H3,(H,28,29)(H,30,31)/b10-7+/t12-,14-,15+,16+,17-,18?,20?/m1/s1. The third-order valence-corrected chi connectivity index (χ3v) is 7.74. The zero-order valence-corrected chi connectivity index (χ0v) is 20.6. The van der Waals surface area contributed by atoms with Crippen molar-refractivity contribution in [3.05, 3.63) is 36.2 Å². The number of carboxylic acids is 2. The quantitative estimate of drug-likeness (QED) is 0.160. The van der Waals surface area contributed by atoms with E-state index in [0.717, 1.165) is 0 Å². The number of aliphatic carboxylic acids is 2. The number of hydrogen-bond acceptors (Lipinski definition) is 9. The van der Waals surface area contributed by atoms with E-state index in [0.29, 0.717) is 24.4 Å². The van der Waals surface area contributed by atoms with Gasteiger partial charge in [-0.05, 0) is 32.3 Å². The molecule has 2 heterocycles. The Bertz CT molecular complexity index is 914. The van der Waals surface area contributed by atoms with Crippen LogP contribution in [-0.4, -0.2) is 81.3 Å². The molecule has 188 valence electrons. The van der Waals surface area contributed by atoms with Crippen molar-refractivity contribution in [2.24, 2.45) is 16.8 Å². The monoisotopic (exact) mass is 495 g/mol. The molecule has 2 rings (SSSR count). The number of aliphatic imine (C=N–C) groups is 1. The number of carboxylic acid groups (broad SMARTS) is 2. The predicted octanol–water partition coefficient (Wildman–Crippen LogP) is 1.18. The smallest absolute Gasteiger partial charge is 0.350 e. The molecule has 2 aliphatic rings. The van der Waals surface area contributed by atoms with Crippen molar-refractivity contribution in [1.29, 1.82) is 0 Å². The van der Waals surface area contributed by atoms with Crippen LogP contribution in [0.3, 0.4) is 0 Å². The molecule has 0 radical (unpaired) electrons. The molecule has 0 spiro atoms. The molecular formula is C23H33N3O7S. The number of ether oxygens (including phenoxy) is 1. The van der Waals surface area contributed by atoms with Gasteiger partial charge in [0.05, 0.1) is 24.5 Å². The lowest BCUT2D eigenvalue weighted by Gasteiger charge is -2.28. The molecule has 0 bridgehead atoms. The second-order valence-electron chi connectivity index (χ2n) is 8.64. The zero-order valence-electron chi connectivity index (χ0n) is 19.8. The minimum absolute atomic E-state index is 0.0138. The highest BCUT2D eigenvalue weighted by Gasteiger charge is 2.48. The molecule has 1 saturated heterocycles. The number of allylic oxidation sites excluding steroid dienone is 1. The summed E-state index contributed by atoms with van der Waals surface area (Å²) >= 11 is 1.48. The molecule has 0 aromatic heterocycles. The Kier molecular flexibility index (Phi) is 9.48. The summed E-state index contributed by atoms with van der Waals surface area (Å²) in [4.78, 5) is 39.5. The van der Waals surface area contributed by atoms with E-state index in [-0.39, 0.29) is 28.5 Å². The van der Waals surface area contributed by atoms with Gasteiger partial charge in [0.2, 0.25) is 0 Å². The number of thioether (sulfide) groups is 1. The largest absolute Gasteiger partial charge is 0.478 e. The van der Waals surface area contributed by atoms with Crippen LogP contribution in [0.15, 0.2) is 41.2 Å². The van der Waals surface area contributed by atoms with Crippen molar-refractivity contribution in [2.75, 3.05) is 13.7 Å². The summed E-state index contributed by atoms with van der Waals surface area (Å²) in [5.74, 6) is -4.06. The summed E-state index contributed by atoms with van der Waals surface area (Å²) in [6.07, 6.45) is 1.04. The number of carbonyl (C=O) groups is 3. The van der Waals surface area contributed by atoms with Crippen molar-refractivity contribution >= 4 is 35.4 Å². The lowest BCUT2D eigenvalue weighted by atomic mass is 9.86. The average Bonchev–Trinajstić information content (AvgIpc) is 3.34. The van der Waals surface area contributed by atoms with Crippen LogP contribution in [0.25, 0.3) is 0 Å². The first-order valence-electron chi connectivity index (χ1n) is 10.9. The maximum atomic E-state index is 12.2. The van der Waals surface area contributed by atoms with Crippen LogP contribution in [0.5, 0.6) is 0 Å². The maximum Gasteiger partial charge on any atom is 0.350 e. The number of aliphatic hydroxyl groups is 1. The van der Waals surface area contributed by atoms with Crippen molar-refractivity contribution < 1.29 is 34.4 Å². The third kappa shape index (κ3) is 6.49. The normalized spacial score (nSPS) is 28.6. The molecule has 0 aliphatic carbocycles. The molecule has 0 saturated carbocycles. The van der Waals surface area contributed by atoms with Crippen molar-refractivity contribution in [3.8, 4) is 0 Å². The highest BCUT2D eigenvalue weighted by Crippen LogP contribution is 2.40. The Hall–Kier alpha value is -2.63. The van der Waals surface area contributed by atoms with Gasteiger partial charge in [-0.1, -0.05) is 20.1 Å². The van der Waals surface area contributed by atoms with Crippen LogP contribution in [0, 0.1) is 11.8 Å². The topological polar surface area (TPSA) is 158 Å². The summed E-state index contributed by atoms with van der Waals surface area (Å²) < 4.78 is 4.82. The predicted molar refractivity (Wildman–Crippen MR) is 130 cm³/mol. The number of methoxy groups -OCH3 is 1. The lowest BCUT2D eigenvalue weighted by Crippen LogP contribution is -2.40. The summed E-state index contributed by atoms with van der Waals surface area (Å²) in [5.41, 5.74) is 1.17. The number of nitrogens with zero attached hydrogens (tertiary/aromatic N) is 1. The van der Waals surface area contributed by atoms with Crippen molar-refractivity contribution in [3.63, 3.8) is 0 Å². The van der Waals surface area contributed by atoms with Crippen LogP contribution in [0.4, 0.5) is 0 Å². The second kappa shape index (κ2) is 11.7. The fraction of sp³-hybridized carbons (Fsp3) is 0.565. The molecule has 5 N–H and O–H groups in total. The van der Waals surface area contributed by atoms with Crippen LogP contribution < -0.4 is 10.6 Å². The van der Waals surface area contributed by atoms with Gasteiger partial charge in [-0.25, -0.2) is 9.59 Å².